The van der Waals surface area contributed by atoms with E-state index in [1.54, 1.807) is 12.1 Å². The van der Waals surface area contributed by atoms with E-state index in [0.717, 1.165) is 12.0 Å². The van der Waals surface area contributed by atoms with Crippen LogP contribution in [-0.2, 0) is 15.8 Å². The first kappa shape index (κ1) is 14.2. The second-order valence-corrected chi connectivity index (χ2v) is 5.83. The lowest BCUT2D eigenvalue weighted by Crippen LogP contribution is -2.35. The smallest absolute Gasteiger partial charge is 0.218 e. The summed E-state index contributed by atoms with van der Waals surface area (Å²) in [7, 11) is -3.33. The van der Waals surface area contributed by atoms with Gasteiger partial charge in [-0.15, -0.1) is 0 Å². The molecule has 0 aliphatic rings. The van der Waals surface area contributed by atoms with E-state index in [-0.39, 0.29) is 18.9 Å². The van der Waals surface area contributed by atoms with Crippen LogP contribution >= 0.6 is 0 Å². The molecule has 0 aliphatic heterocycles. The van der Waals surface area contributed by atoms with Gasteiger partial charge in [-0.05, 0) is 12.0 Å². The van der Waals surface area contributed by atoms with Gasteiger partial charge < -0.3 is 5.11 Å². The Kier molecular flexibility index (Phi) is 5.61. The molecule has 0 aliphatic carbocycles. The first-order valence-electron chi connectivity index (χ1n) is 5.72. The van der Waals surface area contributed by atoms with E-state index in [0.29, 0.717) is 6.54 Å². The van der Waals surface area contributed by atoms with Crippen molar-refractivity contribution in [2.75, 3.05) is 19.7 Å². The van der Waals surface area contributed by atoms with Crippen LogP contribution in [0, 0.1) is 0 Å². The summed E-state index contributed by atoms with van der Waals surface area (Å²) in [4.78, 5) is 0. The molecule has 0 saturated carbocycles. The van der Waals surface area contributed by atoms with E-state index < -0.39 is 10.0 Å². The van der Waals surface area contributed by atoms with Crippen molar-refractivity contribution in [2.45, 2.75) is 19.1 Å². The minimum absolute atomic E-state index is 0.00611. The number of aliphatic hydroxyl groups is 1. The highest BCUT2D eigenvalue weighted by molar-refractivity contribution is 7.88. The summed E-state index contributed by atoms with van der Waals surface area (Å²) in [5, 5.41) is 8.89. The first-order valence-corrected chi connectivity index (χ1v) is 7.33. The molecule has 0 atom stereocenters. The van der Waals surface area contributed by atoms with Crippen molar-refractivity contribution < 1.29 is 13.5 Å². The van der Waals surface area contributed by atoms with Crippen LogP contribution in [0.2, 0.25) is 0 Å². The second-order valence-electron chi connectivity index (χ2n) is 3.86. The third kappa shape index (κ3) is 4.46. The van der Waals surface area contributed by atoms with Crippen LogP contribution in [0.15, 0.2) is 30.3 Å². The van der Waals surface area contributed by atoms with Crippen molar-refractivity contribution in [1.82, 2.24) is 4.31 Å². The minimum Gasteiger partial charge on any atom is -0.395 e. The predicted octanol–water partition coefficient (Wildman–Crippen LogP) is 1.22. The van der Waals surface area contributed by atoms with E-state index in [4.69, 9.17) is 5.11 Å². The highest BCUT2D eigenvalue weighted by Crippen LogP contribution is 2.10. The van der Waals surface area contributed by atoms with E-state index >= 15 is 0 Å². The number of nitrogens with zero attached hydrogens (tertiary/aromatic N) is 1. The zero-order valence-electron chi connectivity index (χ0n) is 10.0. The lowest BCUT2D eigenvalue weighted by Gasteiger charge is -2.20. The van der Waals surface area contributed by atoms with Gasteiger partial charge >= 0.3 is 0 Å². The quantitative estimate of drug-likeness (QED) is 0.799. The Labute approximate surface area is 103 Å². The maximum atomic E-state index is 12.1. The average molecular weight is 257 g/mol. The zero-order chi connectivity index (χ0) is 12.7. The van der Waals surface area contributed by atoms with Gasteiger partial charge in [0.25, 0.3) is 0 Å². The van der Waals surface area contributed by atoms with Crippen LogP contribution in [0.3, 0.4) is 0 Å². The standard InChI is InChI=1S/C12H19NO3S/c1-2-8-13(9-10-14)17(15,16)11-12-6-4-3-5-7-12/h3-7,14H,2,8-11H2,1H3. The average Bonchev–Trinajstić information content (AvgIpc) is 2.29. The van der Waals surface area contributed by atoms with Crippen molar-refractivity contribution in [3.8, 4) is 0 Å². The molecular weight excluding hydrogens is 238 g/mol. The Morgan fingerprint density at radius 1 is 1.18 bits per heavy atom. The molecular formula is C12H19NO3S. The molecule has 1 N–H and O–H groups in total. The third-order valence-electron chi connectivity index (χ3n) is 2.41. The molecule has 0 heterocycles. The van der Waals surface area contributed by atoms with Gasteiger partial charge in [-0.2, -0.15) is 4.31 Å². The molecule has 0 unspecified atom stereocenters. The summed E-state index contributed by atoms with van der Waals surface area (Å²) in [6.45, 7) is 2.40. The molecule has 96 valence electrons. The zero-order valence-corrected chi connectivity index (χ0v) is 10.9. The lowest BCUT2D eigenvalue weighted by molar-refractivity contribution is 0.253. The van der Waals surface area contributed by atoms with Crippen molar-refractivity contribution in [3.05, 3.63) is 35.9 Å². The molecule has 5 heteroatoms. The molecule has 1 aromatic rings. The molecule has 0 fully saturated rings. The molecule has 4 nitrogen and oxygen atoms in total. The van der Waals surface area contributed by atoms with E-state index in [1.165, 1.54) is 4.31 Å². The second kappa shape index (κ2) is 6.74. The number of aliphatic hydroxyl groups excluding tert-OH is 1. The van der Waals surface area contributed by atoms with Crippen LogP contribution in [-0.4, -0.2) is 37.5 Å². The molecule has 1 rings (SSSR count). The van der Waals surface area contributed by atoms with Gasteiger partial charge in [0, 0.05) is 13.1 Å². The summed E-state index contributed by atoms with van der Waals surface area (Å²) in [5.74, 6) is -0.00611. The van der Waals surface area contributed by atoms with Crippen LogP contribution in [0.4, 0.5) is 0 Å². The maximum absolute atomic E-state index is 12.1. The maximum Gasteiger partial charge on any atom is 0.218 e. The van der Waals surface area contributed by atoms with Gasteiger partial charge in [0.15, 0.2) is 0 Å². The van der Waals surface area contributed by atoms with Crippen molar-refractivity contribution in [1.29, 1.82) is 0 Å². The first-order chi connectivity index (χ1) is 8.10. The Morgan fingerprint density at radius 2 is 1.82 bits per heavy atom. The van der Waals surface area contributed by atoms with E-state index in [9.17, 15) is 8.42 Å². The number of hydrogen-bond donors (Lipinski definition) is 1. The number of hydrogen-bond acceptors (Lipinski definition) is 3. The fraction of sp³-hybridized carbons (Fsp3) is 0.500. The highest BCUT2D eigenvalue weighted by atomic mass is 32.2. The Morgan fingerprint density at radius 3 is 2.35 bits per heavy atom. The molecule has 0 radical (unpaired) electrons. The lowest BCUT2D eigenvalue weighted by atomic mass is 10.2. The molecule has 1 aromatic carbocycles. The summed E-state index contributed by atoms with van der Waals surface area (Å²) < 4.78 is 25.5. The summed E-state index contributed by atoms with van der Waals surface area (Å²) >= 11 is 0. The van der Waals surface area contributed by atoms with Gasteiger partial charge in [-0.1, -0.05) is 37.3 Å². The number of benzene rings is 1. The third-order valence-corrected chi connectivity index (χ3v) is 4.26. The Balaban J connectivity index is 2.78. The summed E-state index contributed by atoms with van der Waals surface area (Å²) in [5.41, 5.74) is 0.770. The van der Waals surface area contributed by atoms with Crippen LogP contribution in [0.5, 0.6) is 0 Å². The van der Waals surface area contributed by atoms with Gasteiger partial charge in [0.2, 0.25) is 10.0 Å². The van der Waals surface area contributed by atoms with Gasteiger partial charge in [-0.25, -0.2) is 8.42 Å². The van der Waals surface area contributed by atoms with Crippen LogP contribution in [0.25, 0.3) is 0 Å². The normalized spacial score (nSPS) is 11.9. The summed E-state index contributed by atoms with van der Waals surface area (Å²) in [6, 6.07) is 9.08. The van der Waals surface area contributed by atoms with Gasteiger partial charge in [0.05, 0.1) is 12.4 Å². The monoisotopic (exact) mass is 257 g/mol. The fourth-order valence-electron chi connectivity index (χ4n) is 1.63. The molecule has 0 saturated heterocycles. The largest absolute Gasteiger partial charge is 0.395 e. The molecule has 0 amide bonds. The van der Waals surface area contributed by atoms with E-state index in [2.05, 4.69) is 0 Å². The molecule has 0 aromatic heterocycles. The minimum atomic E-state index is -3.33. The van der Waals surface area contributed by atoms with Crippen LogP contribution in [0.1, 0.15) is 18.9 Å². The van der Waals surface area contributed by atoms with Crippen molar-refractivity contribution in [2.24, 2.45) is 0 Å². The van der Waals surface area contributed by atoms with Crippen molar-refractivity contribution in [3.63, 3.8) is 0 Å². The topological polar surface area (TPSA) is 57.6 Å². The van der Waals surface area contributed by atoms with Gasteiger partial charge in [-0.3, -0.25) is 0 Å². The van der Waals surface area contributed by atoms with Crippen LogP contribution < -0.4 is 0 Å². The number of rotatable bonds is 7. The summed E-state index contributed by atoms with van der Waals surface area (Å²) in [6.07, 6.45) is 0.744. The molecule has 0 bridgehead atoms. The Bertz CT molecular complexity index is 411. The predicted molar refractivity (Wildman–Crippen MR) is 68.0 cm³/mol. The van der Waals surface area contributed by atoms with Gasteiger partial charge in [0.1, 0.15) is 0 Å². The fourth-order valence-corrected chi connectivity index (χ4v) is 3.24. The Hall–Kier alpha value is -0.910. The SMILES string of the molecule is CCCN(CCO)S(=O)(=O)Cc1ccccc1. The molecule has 17 heavy (non-hydrogen) atoms. The highest BCUT2D eigenvalue weighted by Gasteiger charge is 2.20. The van der Waals surface area contributed by atoms with E-state index in [1.807, 2.05) is 25.1 Å². The van der Waals surface area contributed by atoms with Crippen molar-refractivity contribution >= 4 is 10.0 Å². The number of sulfonamides is 1. The molecule has 0 spiro atoms.